The zero-order valence-corrected chi connectivity index (χ0v) is 16.5. The molecule has 2 amide bonds. The van der Waals surface area contributed by atoms with Crippen molar-refractivity contribution >= 4 is 35.2 Å². The molecule has 6 heteroatoms. The van der Waals surface area contributed by atoms with Gasteiger partial charge in [-0.05, 0) is 48.3 Å². The summed E-state index contributed by atoms with van der Waals surface area (Å²) in [6.45, 7) is 0.465. The summed E-state index contributed by atoms with van der Waals surface area (Å²) in [4.78, 5) is 26.9. The maximum absolute atomic E-state index is 12.9. The molecule has 26 heavy (non-hydrogen) atoms. The molecule has 0 aromatic heterocycles. The fourth-order valence-electron chi connectivity index (χ4n) is 2.53. The van der Waals surface area contributed by atoms with E-state index < -0.39 is 6.04 Å². The Morgan fingerprint density at radius 1 is 1.12 bits per heavy atom. The summed E-state index contributed by atoms with van der Waals surface area (Å²) in [5.74, 6) is 0.462. The van der Waals surface area contributed by atoms with Crippen LogP contribution in [0.1, 0.15) is 22.3 Å². The maximum atomic E-state index is 12.9. The van der Waals surface area contributed by atoms with Gasteiger partial charge < -0.3 is 10.2 Å². The minimum Gasteiger partial charge on any atom is -0.340 e. The summed E-state index contributed by atoms with van der Waals surface area (Å²) in [5.41, 5.74) is 1.54. The molecule has 0 heterocycles. The number of hydrogen-bond donors (Lipinski definition) is 1. The highest BCUT2D eigenvalue weighted by Crippen LogP contribution is 2.13. The Labute approximate surface area is 163 Å². The van der Waals surface area contributed by atoms with Crippen molar-refractivity contribution in [3.8, 4) is 0 Å². The van der Waals surface area contributed by atoms with E-state index in [9.17, 15) is 9.59 Å². The lowest BCUT2D eigenvalue weighted by Crippen LogP contribution is -2.47. The van der Waals surface area contributed by atoms with Gasteiger partial charge in [-0.3, -0.25) is 9.59 Å². The lowest BCUT2D eigenvalue weighted by molar-refractivity contribution is -0.132. The number of nitrogens with one attached hydrogen (secondary N) is 1. The summed E-state index contributed by atoms with van der Waals surface area (Å²) >= 11 is 7.55. The molecule has 0 bridgehead atoms. The number of carbonyl (C=O) groups excluding carboxylic acids is 2. The van der Waals surface area contributed by atoms with Crippen LogP contribution in [0, 0.1) is 0 Å². The van der Waals surface area contributed by atoms with Gasteiger partial charge in [0.2, 0.25) is 5.91 Å². The standard InChI is InChI=1S/C20H23ClN2O2S/c1-23(14-15-8-10-17(21)11-9-15)20(25)18(12-13-26-2)22-19(24)16-6-4-3-5-7-16/h3-11,18H,12-14H2,1-2H3,(H,22,24). The van der Waals surface area contributed by atoms with E-state index in [1.807, 2.05) is 24.5 Å². The second-order valence-electron chi connectivity index (χ2n) is 5.99. The van der Waals surface area contributed by atoms with Crippen molar-refractivity contribution in [1.82, 2.24) is 10.2 Å². The molecule has 0 aliphatic carbocycles. The van der Waals surface area contributed by atoms with Gasteiger partial charge in [-0.25, -0.2) is 0 Å². The van der Waals surface area contributed by atoms with Crippen LogP contribution >= 0.6 is 23.4 Å². The van der Waals surface area contributed by atoms with E-state index in [-0.39, 0.29) is 11.8 Å². The van der Waals surface area contributed by atoms with Crippen molar-refractivity contribution in [3.05, 3.63) is 70.7 Å². The minimum absolute atomic E-state index is 0.0988. The van der Waals surface area contributed by atoms with E-state index in [0.717, 1.165) is 11.3 Å². The molecule has 138 valence electrons. The number of carbonyl (C=O) groups is 2. The van der Waals surface area contributed by atoms with Crippen molar-refractivity contribution in [2.75, 3.05) is 19.1 Å². The summed E-state index contributed by atoms with van der Waals surface area (Å²) in [7, 11) is 1.75. The zero-order valence-electron chi connectivity index (χ0n) is 14.9. The van der Waals surface area contributed by atoms with E-state index in [1.54, 1.807) is 60.1 Å². The first-order valence-corrected chi connectivity index (χ1v) is 10.1. The third-order valence-electron chi connectivity index (χ3n) is 3.96. The lowest BCUT2D eigenvalue weighted by Gasteiger charge is -2.25. The number of likely N-dealkylation sites (N-methyl/N-ethyl adjacent to an activating group) is 1. The summed E-state index contributed by atoms with van der Waals surface area (Å²) < 4.78 is 0. The van der Waals surface area contributed by atoms with Crippen LogP contribution in [-0.4, -0.2) is 41.8 Å². The molecule has 0 saturated heterocycles. The first kappa shape index (κ1) is 20.3. The molecule has 0 saturated carbocycles. The van der Waals surface area contributed by atoms with Crippen molar-refractivity contribution in [3.63, 3.8) is 0 Å². The third-order valence-corrected chi connectivity index (χ3v) is 4.86. The predicted octanol–water partition coefficient (Wildman–Crippen LogP) is 3.85. The van der Waals surface area contributed by atoms with Crippen LogP contribution in [0.15, 0.2) is 54.6 Å². The number of halogens is 1. The molecule has 0 radical (unpaired) electrons. The molecule has 4 nitrogen and oxygen atoms in total. The fraction of sp³-hybridized carbons (Fsp3) is 0.300. The highest BCUT2D eigenvalue weighted by molar-refractivity contribution is 7.98. The molecule has 0 aliphatic rings. The largest absolute Gasteiger partial charge is 0.340 e. The van der Waals surface area contributed by atoms with E-state index in [0.29, 0.717) is 23.6 Å². The Bertz CT molecular complexity index is 722. The van der Waals surface area contributed by atoms with Gasteiger partial charge in [0.25, 0.3) is 5.91 Å². The molecule has 1 unspecified atom stereocenters. The topological polar surface area (TPSA) is 49.4 Å². The van der Waals surface area contributed by atoms with Gasteiger partial charge in [0.1, 0.15) is 6.04 Å². The molecular weight excluding hydrogens is 368 g/mol. The molecule has 2 aromatic rings. The van der Waals surface area contributed by atoms with Crippen molar-refractivity contribution in [1.29, 1.82) is 0 Å². The van der Waals surface area contributed by atoms with Crippen LogP contribution in [-0.2, 0) is 11.3 Å². The van der Waals surface area contributed by atoms with Crippen LogP contribution in [0.4, 0.5) is 0 Å². The van der Waals surface area contributed by atoms with Gasteiger partial charge in [-0.1, -0.05) is 41.9 Å². The van der Waals surface area contributed by atoms with Gasteiger partial charge >= 0.3 is 0 Å². The van der Waals surface area contributed by atoms with Gasteiger partial charge in [-0.2, -0.15) is 11.8 Å². The third kappa shape index (κ3) is 6.07. The summed E-state index contributed by atoms with van der Waals surface area (Å²) in [5, 5.41) is 3.54. The highest BCUT2D eigenvalue weighted by atomic mass is 35.5. The summed E-state index contributed by atoms with van der Waals surface area (Å²) in [6.07, 6.45) is 2.57. The van der Waals surface area contributed by atoms with Crippen LogP contribution in [0.2, 0.25) is 5.02 Å². The smallest absolute Gasteiger partial charge is 0.251 e. The van der Waals surface area contributed by atoms with E-state index in [1.165, 1.54) is 0 Å². The molecule has 2 aromatic carbocycles. The van der Waals surface area contributed by atoms with Gasteiger partial charge in [0.15, 0.2) is 0 Å². The zero-order chi connectivity index (χ0) is 18.9. The van der Waals surface area contributed by atoms with Gasteiger partial charge in [-0.15, -0.1) is 0 Å². The Hall–Kier alpha value is -1.98. The number of amides is 2. The SMILES string of the molecule is CSCCC(NC(=O)c1ccccc1)C(=O)N(C)Cc1ccc(Cl)cc1. The van der Waals surface area contributed by atoms with Crippen molar-refractivity contribution < 1.29 is 9.59 Å². The minimum atomic E-state index is -0.549. The van der Waals surface area contributed by atoms with E-state index >= 15 is 0 Å². The van der Waals surface area contributed by atoms with Crippen LogP contribution in [0.25, 0.3) is 0 Å². The van der Waals surface area contributed by atoms with E-state index in [2.05, 4.69) is 5.32 Å². The van der Waals surface area contributed by atoms with Gasteiger partial charge in [0.05, 0.1) is 0 Å². The number of thioether (sulfide) groups is 1. The Morgan fingerprint density at radius 3 is 2.38 bits per heavy atom. The Morgan fingerprint density at radius 2 is 1.77 bits per heavy atom. The maximum Gasteiger partial charge on any atom is 0.251 e. The van der Waals surface area contributed by atoms with Crippen LogP contribution in [0.3, 0.4) is 0 Å². The van der Waals surface area contributed by atoms with Crippen molar-refractivity contribution in [2.24, 2.45) is 0 Å². The monoisotopic (exact) mass is 390 g/mol. The quantitative estimate of drug-likeness (QED) is 0.744. The number of benzene rings is 2. The van der Waals surface area contributed by atoms with Crippen LogP contribution in [0.5, 0.6) is 0 Å². The first-order chi connectivity index (χ1) is 12.5. The molecule has 0 spiro atoms. The predicted molar refractivity (Wildman–Crippen MR) is 109 cm³/mol. The highest BCUT2D eigenvalue weighted by Gasteiger charge is 2.24. The molecular formula is C20H23ClN2O2S. The first-order valence-electron chi connectivity index (χ1n) is 8.35. The molecule has 2 rings (SSSR count). The molecule has 1 N–H and O–H groups in total. The number of nitrogens with zero attached hydrogens (tertiary/aromatic N) is 1. The average molecular weight is 391 g/mol. The normalized spacial score (nSPS) is 11.7. The number of rotatable bonds is 8. The molecule has 1 atom stereocenters. The lowest BCUT2D eigenvalue weighted by atomic mass is 10.1. The Balaban J connectivity index is 2.05. The van der Waals surface area contributed by atoms with E-state index in [4.69, 9.17) is 11.6 Å². The second-order valence-corrected chi connectivity index (χ2v) is 7.42. The average Bonchev–Trinajstić information content (AvgIpc) is 2.66. The fourth-order valence-corrected chi connectivity index (χ4v) is 3.13. The molecule has 0 aliphatic heterocycles. The van der Waals surface area contributed by atoms with Gasteiger partial charge in [0, 0.05) is 24.2 Å². The van der Waals surface area contributed by atoms with Crippen molar-refractivity contribution in [2.45, 2.75) is 19.0 Å². The summed E-state index contributed by atoms with van der Waals surface area (Å²) in [6, 6.07) is 15.8. The second kappa shape index (κ2) is 10.2. The molecule has 0 fully saturated rings. The Kier molecular flexibility index (Phi) is 8.01. The van der Waals surface area contributed by atoms with Crippen LogP contribution < -0.4 is 5.32 Å². The number of hydrogen-bond acceptors (Lipinski definition) is 3.